The molecule has 0 saturated heterocycles. The molecule has 3 N–H and O–H groups in total. The fourth-order valence-corrected chi connectivity index (χ4v) is 2.25. The van der Waals surface area contributed by atoms with E-state index in [4.69, 9.17) is 15.6 Å². The standard InChI is InChI=1S/C14H30N2O3/c1-3-4-13(7-8-15)5-6-14(18)16(9-11-17)10-12-19-2/h13,17H,3-12,15H2,1-2H3. The van der Waals surface area contributed by atoms with Gasteiger partial charge in [0.25, 0.3) is 0 Å². The van der Waals surface area contributed by atoms with Gasteiger partial charge in [-0.1, -0.05) is 19.8 Å². The number of carbonyl (C=O) groups excluding carboxylic acids is 1. The highest BCUT2D eigenvalue weighted by atomic mass is 16.5. The highest BCUT2D eigenvalue weighted by Gasteiger charge is 2.15. The Balaban J connectivity index is 4.13. The Kier molecular flexibility index (Phi) is 12.0. The fourth-order valence-electron chi connectivity index (χ4n) is 2.25. The Morgan fingerprint density at radius 2 is 2.05 bits per heavy atom. The van der Waals surface area contributed by atoms with Crippen molar-refractivity contribution in [3.63, 3.8) is 0 Å². The van der Waals surface area contributed by atoms with Crippen LogP contribution in [0.2, 0.25) is 0 Å². The third kappa shape index (κ3) is 8.97. The first-order valence-corrected chi connectivity index (χ1v) is 7.27. The topological polar surface area (TPSA) is 75.8 Å². The van der Waals surface area contributed by atoms with Gasteiger partial charge >= 0.3 is 0 Å². The van der Waals surface area contributed by atoms with Crippen LogP contribution >= 0.6 is 0 Å². The van der Waals surface area contributed by atoms with Crippen molar-refractivity contribution in [1.82, 2.24) is 4.90 Å². The molecule has 0 aromatic carbocycles. The minimum Gasteiger partial charge on any atom is -0.395 e. The molecule has 1 atom stereocenters. The first-order valence-electron chi connectivity index (χ1n) is 7.27. The number of amides is 1. The van der Waals surface area contributed by atoms with Crippen LogP contribution in [0.3, 0.4) is 0 Å². The summed E-state index contributed by atoms with van der Waals surface area (Å²) >= 11 is 0. The summed E-state index contributed by atoms with van der Waals surface area (Å²) in [6.45, 7) is 4.28. The van der Waals surface area contributed by atoms with Crippen molar-refractivity contribution < 1.29 is 14.6 Å². The largest absolute Gasteiger partial charge is 0.395 e. The summed E-state index contributed by atoms with van der Waals surface area (Å²) in [5.74, 6) is 0.640. The van der Waals surface area contributed by atoms with Crippen LogP contribution in [0.4, 0.5) is 0 Å². The van der Waals surface area contributed by atoms with E-state index in [-0.39, 0.29) is 12.5 Å². The molecule has 19 heavy (non-hydrogen) atoms. The van der Waals surface area contributed by atoms with Gasteiger partial charge in [0.05, 0.1) is 13.2 Å². The summed E-state index contributed by atoms with van der Waals surface area (Å²) in [6.07, 6.45) is 4.66. The first-order chi connectivity index (χ1) is 9.19. The molecule has 0 rings (SSSR count). The summed E-state index contributed by atoms with van der Waals surface area (Å²) in [6, 6.07) is 0. The molecule has 5 heteroatoms. The molecule has 0 aromatic rings. The third-order valence-electron chi connectivity index (χ3n) is 3.33. The molecule has 1 amide bonds. The molecule has 0 aromatic heterocycles. The maximum absolute atomic E-state index is 12.1. The van der Waals surface area contributed by atoms with Crippen LogP contribution in [0.15, 0.2) is 0 Å². The predicted molar refractivity (Wildman–Crippen MR) is 76.8 cm³/mol. The number of ether oxygens (including phenoxy) is 1. The molecule has 0 aliphatic carbocycles. The lowest BCUT2D eigenvalue weighted by Gasteiger charge is -2.23. The zero-order valence-corrected chi connectivity index (χ0v) is 12.4. The van der Waals surface area contributed by atoms with Crippen LogP contribution in [0, 0.1) is 5.92 Å². The molecule has 0 heterocycles. The van der Waals surface area contributed by atoms with Gasteiger partial charge in [-0.15, -0.1) is 0 Å². The van der Waals surface area contributed by atoms with E-state index in [1.807, 2.05) is 0 Å². The molecular formula is C14H30N2O3. The van der Waals surface area contributed by atoms with Crippen molar-refractivity contribution in [2.45, 2.75) is 39.0 Å². The second kappa shape index (κ2) is 12.4. The van der Waals surface area contributed by atoms with Gasteiger partial charge in [-0.25, -0.2) is 0 Å². The minimum atomic E-state index is -0.00333. The van der Waals surface area contributed by atoms with Crippen molar-refractivity contribution in [2.75, 3.05) is 40.0 Å². The summed E-state index contributed by atoms with van der Waals surface area (Å²) in [4.78, 5) is 13.8. The lowest BCUT2D eigenvalue weighted by Crippen LogP contribution is -2.36. The zero-order chi connectivity index (χ0) is 14.5. The first kappa shape index (κ1) is 18.4. The molecule has 114 valence electrons. The molecule has 0 fully saturated rings. The van der Waals surface area contributed by atoms with E-state index < -0.39 is 0 Å². The molecule has 0 spiro atoms. The number of rotatable bonds is 12. The molecule has 0 radical (unpaired) electrons. The molecule has 5 nitrogen and oxygen atoms in total. The number of carbonyl (C=O) groups is 1. The van der Waals surface area contributed by atoms with Gasteiger partial charge in [-0.05, 0) is 25.3 Å². The van der Waals surface area contributed by atoms with Crippen LogP contribution in [-0.4, -0.2) is 55.9 Å². The zero-order valence-electron chi connectivity index (χ0n) is 12.4. The maximum atomic E-state index is 12.1. The lowest BCUT2D eigenvalue weighted by molar-refractivity contribution is -0.132. The van der Waals surface area contributed by atoms with Gasteiger partial charge in [0.2, 0.25) is 5.91 Å². The highest BCUT2D eigenvalue weighted by molar-refractivity contribution is 5.76. The van der Waals surface area contributed by atoms with Gasteiger partial charge in [-0.3, -0.25) is 4.79 Å². The van der Waals surface area contributed by atoms with Crippen LogP contribution in [0.25, 0.3) is 0 Å². The maximum Gasteiger partial charge on any atom is 0.222 e. The quantitative estimate of drug-likeness (QED) is 0.556. The summed E-state index contributed by atoms with van der Waals surface area (Å²) in [7, 11) is 1.61. The van der Waals surface area contributed by atoms with Gasteiger partial charge in [0, 0.05) is 26.6 Å². The van der Waals surface area contributed by atoms with Crippen molar-refractivity contribution in [3.8, 4) is 0 Å². The van der Waals surface area contributed by atoms with Crippen LogP contribution in [-0.2, 0) is 9.53 Å². The predicted octanol–water partition coefficient (Wildman–Crippen LogP) is 0.999. The van der Waals surface area contributed by atoms with E-state index in [1.54, 1.807) is 12.0 Å². The number of hydrogen-bond acceptors (Lipinski definition) is 4. The van der Waals surface area contributed by atoms with E-state index >= 15 is 0 Å². The van der Waals surface area contributed by atoms with Crippen molar-refractivity contribution >= 4 is 5.91 Å². The van der Waals surface area contributed by atoms with E-state index in [2.05, 4.69) is 6.92 Å². The minimum absolute atomic E-state index is 0.00333. The lowest BCUT2D eigenvalue weighted by atomic mass is 9.94. The molecular weight excluding hydrogens is 244 g/mol. The molecule has 0 aliphatic rings. The Labute approximate surface area is 117 Å². The average Bonchev–Trinajstić information content (AvgIpc) is 2.41. The van der Waals surface area contributed by atoms with E-state index in [0.29, 0.717) is 38.6 Å². The van der Waals surface area contributed by atoms with Crippen LogP contribution in [0.1, 0.15) is 39.0 Å². The summed E-state index contributed by atoms with van der Waals surface area (Å²) in [5.41, 5.74) is 5.59. The number of nitrogens with two attached hydrogens (primary N) is 1. The average molecular weight is 274 g/mol. The van der Waals surface area contributed by atoms with Crippen molar-refractivity contribution in [1.29, 1.82) is 0 Å². The number of aliphatic hydroxyl groups is 1. The highest BCUT2D eigenvalue weighted by Crippen LogP contribution is 2.17. The Morgan fingerprint density at radius 1 is 1.32 bits per heavy atom. The summed E-state index contributed by atoms with van der Waals surface area (Å²) < 4.78 is 4.98. The smallest absolute Gasteiger partial charge is 0.222 e. The Morgan fingerprint density at radius 3 is 2.58 bits per heavy atom. The van der Waals surface area contributed by atoms with Gasteiger partial charge in [-0.2, -0.15) is 0 Å². The van der Waals surface area contributed by atoms with E-state index in [0.717, 1.165) is 25.7 Å². The van der Waals surface area contributed by atoms with Crippen molar-refractivity contribution in [2.24, 2.45) is 11.7 Å². The second-order valence-corrected chi connectivity index (χ2v) is 4.87. The Hall–Kier alpha value is -0.650. The number of hydrogen-bond donors (Lipinski definition) is 2. The molecule has 0 bridgehead atoms. The van der Waals surface area contributed by atoms with E-state index in [9.17, 15) is 4.79 Å². The van der Waals surface area contributed by atoms with E-state index in [1.165, 1.54) is 0 Å². The van der Waals surface area contributed by atoms with Crippen LogP contribution < -0.4 is 5.73 Å². The number of aliphatic hydroxyl groups excluding tert-OH is 1. The normalized spacial score (nSPS) is 12.4. The van der Waals surface area contributed by atoms with Crippen molar-refractivity contribution in [3.05, 3.63) is 0 Å². The molecule has 1 unspecified atom stereocenters. The number of methoxy groups -OCH3 is 1. The SMILES string of the molecule is CCCC(CCN)CCC(=O)N(CCO)CCOC. The van der Waals surface area contributed by atoms with Crippen LogP contribution in [0.5, 0.6) is 0 Å². The van der Waals surface area contributed by atoms with Gasteiger partial charge in [0.1, 0.15) is 0 Å². The fraction of sp³-hybridized carbons (Fsp3) is 0.929. The molecule has 0 saturated carbocycles. The molecule has 0 aliphatic heterocycles. The Bertz CT molecular complexity index is 219. The monoisotopic (exact) mass is 274 g/mol. The summed E-state index contributed by atoms with van der Waals surface area (Å²) in [5, 5.41) is 8.98. The third-order valence-corrected chi connectivity index (χ3v) is 3.33. The number of nitrogens with zero attached hydrogens (tertiary/aromatic N) is 1. The van der Waals surface area contributed by atoms with Gasteiger partial charge in [0.15, 0.2) is 0 Å². The second-order valence-electron chi connectivity index (χ2n) is 4.87. The van der Waals surface area contributed by atoms with Gasteiger partial charge < -0.3 is 20.5 Å².